The van der Waals surface area contributed by atoms with Gasteiger partial charge in [-0.25, -0.2) is 4.98 Å². The third-order valence-electron chi connectivity index (χ3n) is 6.02. The van der Waals surface area contributed by atoms with Gasteiger partial charge in [0.15, 0.2) is 5.96 Å². The molecule has 6 nitrogen and oxygen atoms in total. The first kappa shape index (κ1) is 18.6. The molecule has 0 spiro atoms. The summed E-state index contributed by atoms with van der Waals surface area (Å²) in [6, 6.07) is 6.92. The number of rotatable bonds is 4. The van der Waals surface area contributed by atoms with Gasteiger partial charge < -0.3 is 19.8 Å². The molecule has 3 heterocycles. The van der Waals surface area contributed by atoms with Crippen LogP contribution in [0, 0.1) is 12.8 Å². The molecule has 28 heavy (non-hydrogen) atoms. The number of aryl methyl sites for hydroxylation is 1. The van der Waals surface area contributed by atoms with Crippen LogP contribution in [-0.4, -0.2) is 52.1 Å². The number of aromatic amines is 1. The molecule has 0 aliphatic carbocycles. The molecule has 1 fully saturated rings. The van der Waals surface area contributed by atoms with Crippen molar-refractivity contribution in [3.05, 3.63) is 54.2 Å². The number of aliphatic imine (C=N–C) groups is 1. The number of H-pyrrole nitrogens is 1. The summed E-state index contributed by atoms with van der Waals surface area (Å²) >= 11 is 0. The van der Waals surface area contributed by atoms with E-state index in [-0.39, 0.29) is 0 Å². The number of nitrogens with zero attached hydrogens (tertiary/aromatic N) is 4. The Labute approximate surface area is 166 Å². The Morgan fingerprint density at radius 3 is 3.07 bits per heavy atom. The molecule has 0 amide bonds. The number of nitrogens with one attached hydrogen (secondary N) is 2. The predicted molar refractivity (Wildman–Crippen MR) is 115 cm³/mol. The number of fused-ring (bicyclic) bond motifs is 1. The SMILES string of the molecule is CN=C(NCCc1c[nH]c2c(C)cccc12)N1CCC(C)C(n2ccnc2)C1. The molecular formula is C22H30N6. The summed E-state index contributed by atoms with van der Waals surface area (Å²) < 4.78 is 2.23. The van der Waals surface area contributed by atoms with Crippen LogP contribution in [0.2, 0.25) is 0 Å². The Hall–Kier alpha value is -2.76. The second-order valence-electron chi connectivity index (χ2n) is 7.82. The van der Waals surface area contributed by atoms with E-state index in [9.17, 15) is 0 Å². The molecule has 2 N–H and O–H groups in total. The van der Waals surface area contributed by atoms with Gasteiger partial charge in [-0.15, -0.1) is 0 Å². The Morgan fingerprint density at radius 1 is 1.39 bits per heavy atom. The van der Waals surface area contributed by atoms with E-state index in [0.29, 0.717) is 12.0 Å². The third kappa shape index (κ3) is 3.63. The first-order chi connectivity index (χ1) is 13.7. The minimum atomic E-state index is 0.436. The molecule has 1 aromatic carbocycles. The van der Waals surface area contributed by atoms with E-state index in [1.165, 1.54) is 22.0 Å². The number of guanidine groups is 1. The first-order valence-corrected chi connectivity index (χ1v) is 10.2. The van der Waals surface area contributed by atoms with Crippen LogP contribution in [0.25, 0.3) is 10.9 Å². The predicted octanol–water partition coefficient (Wildman–Crippen LogP) is 3.37. The number of likely N-dealkylation sites (tertiary alicyclic amines) is 1. The van der Waals surface area contributed by atoms with Crippen molar-refractivity contribution in [2.75, 3.05) is 26.7 Å². The molecule has 0 saturated carbocycles. The Balaban J connectivity index is 1.39. The van der Waals surface area contributed by atoms with E-state index >= 15 is 0 Å². The summed E-state index contributed by atoms with van der Waals surface area (Å²) in [7, 11) is 1.88. The van der Waals surface area contributed by atoms with E-state index in [1.807, 2.05) is 19.6 Å². The topological polar surface area (TPSA) is 61.2 Å². The zero-order valence-corrected chi connectivity index (χ0v) is 17.0. The lowest BCUT2D eigenvalue weighted by Gasteiger charge is -2.39. The molecule has 6 heteroatoms. The average molecular weight is 379 g/mol. The highest BCUT2D eigenvalue weighted by Crippen LogP contribution is 2.27. The van der Waals surface area contributed by atoms with E-state index in [4.69, 9.17) is 0 Å². The van der Waals surface area contributed by atoms with E-state index in [1.54, 1.807) is 0 Å². The highest BCUT2D eigenvalue weighted by Gasteiger charge is 2.28. The summed E-state index contributed by atoms with van der Waals surface area (Å²) in [6.45, 7) is 7.35. The second kappa shape index (κ2) is 8.09. The van der Waals surface area contributed by atoms with Crippen LogP contribution >= 0.6 is 0 Å². The van der Waals surface area contributed by atoms with Crippen molar-refractivity contribution in [2.24, 2.45) is 10.9 Å². The van der Waals surface area contributed by atoms with E-state index in [2.05, 4.69) is 74.2 Å². The monoisotopic (exact) mass is 378 g/mol. The Kier molecular flexibility index (Phi) is 5.37. The number of hydrogen-bond acceptors (Lipinski definition) is 2. The normalized spacial score (nSPS) is 20.7. The summed E-state index contributed by atoms with van der Waals surface area (Å²) in [6.07, 6.45) is 10.1. The van der Waals surface area contributed by atoms with Crippen LogP contribution in [0.5, 0.6) is 0 Å². The minimum Gasteiger partial charge on any atom is -0.361 e. The number of benzene rings is 1. The highest BCUT2D eigenvalue weighted by atomic mass is 15.3. The van der Waals surface area contributed by atoms with Gasteiger partial charge >= 0.3 is 0 Å². The van der Waals surface area contributed by atoms with Crippen molar-refractivity contribution in [3.63, 3.8) is 0 Å². The number of para-hydroxylation sites is 1. The number of hydrogen-bond donors (Lipinski definition) is 2. The first-order valence-electron chi connectivity index (χ1n) is 10.2. The fraction of sp³-hybridized carbons (Fsp3) is 0.455. The molecule has 1 saturated heterocycles. The van der Waals surface area contributed by atoms with Gasteiger partial charge in [0.2, 0.25) is 0 Å². The second-order valence-corrected chi connectivity index (χ2v) is 7.82. The van der Waals surface area contributed by atoms with Crippen molar-refractivity contribution < 1.29 is 0 Å². The molecule has 2 aromatic heterocycles. The van der Waals surface area contributed by atoms with Gasteiger partial charge in [0, 0.05) is 56.2 Å². The van der Waals surface area contributed by atoms with Gasteiger partial charge in [-0.3, -0.25) is 4.99 Å². The van der Waals surface area contributed by atoms with Crippen LogP contribution in [-0.2, 0) is 6.42 Å². The number of piperidine rings is 1. The van der Waals surface area contributed by atoms with E-state index in [0.717, 1.165) is 38.4 Å². The summed E-state index contributed by atoms with van der Waals surface area (Å²) in [5, 5.41) is 4.90. The van der Waals surface area contributed by atoms with Crippen LogP contribution in [0.3, 0.4) is 0 Å². The maximum atomic E-state index is 4.55. The molecule has 3 aromatic rings. The van der Waals surface area contributed by atoms with Crippen molar-refractivity contribution in [3.8, 4) is 0 Å². The van der Waals surface area contributed by atoms with Crippen molar-refractivity contribution in [1.82, 2.24) is 24.8 Å². The van der Waals surface area contributed by atoms with Crippen LogP contribution in [0.15, 0.2) is 48.1 Å². The lowest BCUT2D eigenvalue weighted by atomic mass is 9.93. The highest BCUT2D eigenvalue weighted by molar-refractivity contribution is 5.86. The fourth-order valence-corrected chi connectivity index (χ4v) is 4.31. The Bertz CT molecular complexity index is 939. The molecule has 1 aliphatic rings. The molecule has 2 atom stereocenters. The minimum absolute atomic E-state index is 0.436. The smallest absolute Gasteiger partial charge is 0.193 e. The van der Waals surface area contributed by atoms with Gasteiger partial charge in [-0.2, -0.15) is 0 Å². The lowest BCUT2D eigenvalue weighted by Crippen LogP contribution is -2.49. The van der Waals surface area contributed by atoms with E-state index < -0.39 is 0 Å². The maximum absolute atomic E-state index is 4.55. The largest absolute Gasteiger partial charge is 0.361 e. The molecule has 4 rings (SSSR count). The zero-order chi connectivity index (χ0) is 19.5. The third-order valence-corrected chi connectivity index (χ3v) is 6.02. The number of imidazole rings is 1. The molecule has 0 radical (unpaired) electrons. The molecule has 2 unspecified atom stereocenters. The zero-order valence-electron chi connectivity index (χ0n) is 17.0. The molecular weight excluding hydrogens is 348 g/mol. The van der Waals surface area contributed by atoms with Gasteiger partial charge in [-0.1, -0.05) is 25.1 Å². The fourth-order valence-electron chi connectivity index (χ4n) is 4.31. The van der Waals surface area contributed by atoms with Gasteiger partial charge in [-0.05, 0) is 36.8 Å². The number of aromatic nitrogens is 3. The molecule has 148 valence electrons. The summed E-state index contributed by atoms with van der Waals surface area (Å²) in [4.78, 5) is 14.6. The standard InChI is InChI=1S/C22H30N6/c1-16-8-11-27(14-20(16)28-12-10-24-15-28)22(23-3)25-9-7-18-13-26-21-17(2)5-4-6-19(18)21/h4-6,10,12-13,15-16,20,26H,7-9,11,14H2,1-3H3,(H,23,25). The van der Waals surface area contributed by atoms with Crippen LogP contribution < -0.4 is 5.32 Å². The average Bonchev–Trinajstić information content (AvgIpc) is 3.37. The van der Waals surface area contributed by atoms with Crippen LogP contribution in [0.4, 0.5) is 0 Å². The Morgan fingerprint density at radius 2 is 2.29 bits per heavy atom. The molecule has 1 aliphatic heterocycles. The quantitative estimate of drug-likeness (QED) is 0.540. The summed E-state index contributed by atoms with van der Waals surface area (Å²) in [5.74, 6) is 1.63. The van der Waals surface area contributed by atoms with Crippen LogP contribution in [0.1, 0.15) is 30.5 Å². The summed E-state index contributed by atoms with van der Waals surface area (Å²) in [5.41, 5.74) is 3.89. The maximum Gasteiger partial charge on any atom is 0.193 e. The lowest BCUT2D eigenvalue weighted by molar-refractivity contribution is 0.189. The van der Waals surface area contributed by atoms with Gasteiger partial charge in [0.25, 0.3) is 0 Å². The van der Waals surface area contributed by atoms with Gasteiger partial charge in [0.05, 0.1) is 12.4 Å². The molecule has 0 bridgehead atoms. The van der Waals surface area contributed by atoms with Crippen molar-refractivity contribution >= 4 is 16.9 Å². The van der Waals surface area contributed by atoms with Gasteiger partial charge in [0.1, 0.15) is 0 Å². The van der Waals surface area contributed by atoms with Crippen molar-refractivity contribution in [2.45, 2.75) is 32.7 Å². The van der Waals surface area contributed by atoms with Crippen molar-refractivity contribution in [1.29, 1.82) is 0 Å².